The Morgan fingerprint density at radius 2 is 2.06 bits per heavy atom. The lowest BCUT2D eigenvalue weighted by Crippen LogP contribution is -2.39. The molecule has 2 saturated carbocycles. The van der Waals surface area contributed by atoms with Gasteiger partial charge in [0.2, 0.25) is 0 Å². The summed E-state index contributed by atoms with van der Waals surface area (Å²) in [6.07, 6.45) is 8.97. The van der Waals surface area contributed by atoms with Crippen molar-refractivity contribution in [3.05, 3.63) is 0 Å². The molecule has 2 aliphatic carbocycles. The largest absolute Gasteiger partial charge is 0.252 e. The third kappa shape index (κ3) is 2.34. The summed E-state index contributed by atoms with van der Waals surface area (Å²) in [5.41, 5.74) is 0.515. The highest BCUT2D eigenvalue weighted by atomic mass is 17.1. The number of fused-ring (bicyclic) bond motifs is 2. The molecule has 0 radical (unpaired) electrons. The summed E-state index contributed by atoms with van der Waals surface area (Å²) in [5.74, 6) is 1.84. The van der Waals surface area contributed by atoms with Gasteiger partial charge in [-0.3, -0.25) is 5.26 Å². The van der Waals surface area contributed by atoms with Crippen LogP contribution in [0.15, 0.2) is 0 Å². The summed E-state index contributed by atoms with van der Waals surface area (Å²) in [6, 6.07) is 0. The maximum absolute atomic E-state index is 9.33. The van der Waals surface area contributed by atoms with Crippen molar-refractivity contribution >= 4 is 0 Å². The fourth-order valence-corrected chi connectivity index (χ4v) is 4.44. The van der Waals surface area contributed by atoms with Crippen molar-refractivity contribution < 1.29 is 10.1 Å². The van der Waals surface area contributed by atoms with Gasteiger partial charge in [0.25, 0.3) is 0 Å². The Morgan fingerprint density at radius 1 is 1.33 bits per heavy atom. The quantitative estimate of drug-likeness (QED) is 0.540. The lowest BCUT2D eigenvalue weighted by Gasteiger charge is -2.42. The predicted octanol–water partition coefficient (Wildman–Crippen LogP) is 4.89. The van der Waals surface area contributed by atoms with Crippen LogP contribution in [0.4, 0.5) is 0 Å². The minimum absolute atomic E-state index is 0.0122. The molecule has 4 unspecified atom stereocenters. The second kappa shape index (κ2) is 5.13. The number of hydrogen-bond donors (Lipinski definition) is 1. The first-order chi connectivity index (χ1) is 8.47. The Hall–Kier alpha value is -0.0800. The first kappa shape index (κ1) is 14.3. The lowest BCUT2D eigenvalue weighted by molar-refractivity contribution is -0.309. The van der Waals surface area contributed by atoms with E-state index < -0.39 is 0 Å². The average molecular weight is 254 g/mol. The molecular formula is C16H30O2. The van der Waals surface area contributed by atoms with Gasteiger partial charge in [0.15, 0.2) is 0 Å². The highest BCUT2D eigenvalue weighted by Gasteiger charge is 2.51. The molecule has 0 saturated heterocycles. The zero-order valence-electron chi connectivity index (χ0n) is 12.5. The third-order valence-corrected chi connectivity index (χ3v) is 6.31. The molecule has 2 rings (SSSR count). The summed E-state index contributed by atoms with van der Waals surface area (Å²) in [7, 11) is 0. The van der Waals surface area contributed by atoms with Crippen LogP contribution >= 0.6 is 0 Å². The monoisotopic (exact) mass is 254 g/mol. The first-order valence-corrected chi connectivity index (χ1v) is 7.77. The van der Waals surface area contributed by atoms with Crippen molar-refractivity contribution in [1.82, 2.24) is 0 Å². The SMILES string of the molecule is CCC(C)(C)C(CC1(CC)CC2CCC1C2)OO. The molecule has 2 bridgehead atoms. The Labute approximate surface area is 112 Å². The maximum atomic E-state index is 9.33. The van der Waals surface area contributed by atoms with E-state index in [9.17, 15) is 5.26 Å². The van der Waals surface area contributed by atoms with Crippen LogP contribution in [0.1, 0.15) is 72.6 Å². The molecule has 0 aliphatic heterocycles. The third-order valence-electron chi connectivity index (χ3n) is 6.31. The highest BCUT2D eigenvalue weighted by molar-refractivity contribution is 5.01. The van der Waals surface area contributed by atoms with E-state index in [1.807, 2.05) is 0 Å². The summed E-state index contributed by atoms with van der Waals surface area (Å²) in [4.78, 5) is 4.90. The van der Waals surface area contributed by atoms with Gasteiger partial charge in [-0.2, -0.15) is 0 Å². The minimum atomic E-state index is -0.0122. The van der Waals surface area contributed by atoms with Crippen LogP contribution < -0.4 is 0 Å². The van der Waals surface area contributed by atoms with Gasteiger partial charge in [-0.1, -0.05) is 40.5 Å². The van der Waals surface area contributed by atoms with E-state index in [-0.39, 0.29) is 11.5 Å². The van der Waals surface area contributed by atoms with Gasteiger partial charge in [-0.05, 0) is 54.8 Å². The Kier molecular flexibility index (Phi) is 4.08. The van der Waals surface area contributed by atoms with Crippen LogP contribution in [0.5, 0.6) is 0 Å². The summed E-state index contributed by atoms with van der Waals surface area (Å²) >= 11 is 0. The molecule has 18 heavy (non-hydrogen) atoms. The van der Waals surface area contributed by atoms with Crippen molar-refractivity contribution in [2.45, 2.75) is 78.7 Å². The molecule has 2 aliphatic rings. The van der Waals surface area contributed by atoms with Crippen molar-refractivity contribution in [1.29, 1.82) is 0 Å². The molecule has 106 valence electrons. The molecule has 0 heterocycles. The molecule has 1 N–H and O–H groups in total. The van der Waals surface area contributed by atoms with Crippen molar-refractivity contribution in [3.8, 4) is 0 Å². The molecule has 0 amide bonds. The van der Waals surface area contributed by atoms with Gasteiger partial charge >= 0.3 is 0 Å². The van der Waals surface area contributed by atoms with Crippen molar-refractivity contribution in [3.63, 3.8) is 0 Å². The van der Waals surface area contributed by atoms with Gasteiger partial charge in [-0.25, -0.2) is 4.89 Å². The molecule has 0 aromatic heterocycles. The van der Waals surface area contributed by atoms with E-state index in [1.54, 1.807) is 0 Å². The standard InChI is InChI=1S/C16H30O2/c1-5-15(3,4)14(18-17)11-16(6-2)10-12-7-8-13(16)9-12/h12-14,17H,5-11H2,1-4H3. The fraction of sp³-hybridized carbons (Fsp3) is 1.00. The summed E-state index contributed by atoms with van der Waals surface area (Å²) in [6.45, 7) is 8.94. The van der Waals surface area contributed by atoms with Crippen LogP contribution in [0, 0.1) is 22.7 Å². The van der Waals surface area contributed by atoms with E-state index in [0.717, 1.165) is 24.7 Å². The zero-order chi connectivity index (χ0) is 13.4. The van der Waals surface area contributed by atoms with Gasteiger partial charge in [0.1, 0.15) is 0 Å². The fourth-order valence-electron chi connectivity index (χ4n) is 4.44. The topological polar surface area (TPSA) is 29.5 Å². The summed E-state index contributed by atoms with van der Waals surface area (Å²) < 4.78 is 0. The number of hydrogen-bond acceptors (Lipinski definition) is 2. The molecule has 2 nitrogen and oxygen atoms in total. The molecule has 0 spiro atoms. The minimum Gasteiger partial charge on any atom is -0.252 e. The van der Waals surface area contributed by atoms with Crippen LogP contribution in [0.25, 0.3) is 0 Å². The molecule has 2 fully saturated rings. The molecule has 4 atom stereocenters. The molecule has 2 heteroatoms. The summed E-state index contributed by atoms with van der Waals surface area (Å²) in [5, 5.41) is 9.33. The van der Waals surface area contributed by atoms with Crippen LogP contribution in [0.3, 0.4) is 0 Å². The lowest BCUT2D eigenvalue weighted by atomic mass is 9.65. The second-order valence-corrected chi connectivity index (χ2v) is 7.44. The predicted molar refractivity (Wildman–Crippen MR) is 74.4 cm³/mol. The van der Waals surface area contributed by atoms with Crippen LogP contribution in [-0.4, -0.2) is 11.4 Å². The van der Waals surface area contributed by atoms with Gasteiger partial charge < -0.3 is 0 Å². The Bertz CT molecular complexity index is 287. The van der Waals surface area contributed by atoms with Crippen molar-refractivity contribution in [2.24, 2.45) is 22.7 Å². The van der Waals surface area contributed by atoms with Gasteiger partial charge in [0.05, 0.1) is 6.10 Å². The normalized spacial score (nSPS) is 37.2. The smallest absolute Gasteiger partial charge is 0.0983 e. The van der Waals surface area contributed by atoms with E-state index in [1.165, 1.54) is 32.1 Å². The number of rotatable bonds is 6. The van der Waals surface area contributed by atoms with Crippen LogP contribution in [0.2, 0.25) is 0 Å². The molecular weight excluding hydrogens is 224 g/mol. The molecule has 0 aromatic carbocycles. The highest BCUT2D eigenvalue weighted by Crippen LogP contribution is 2.60. The van der Waals surface area contributed by atoms with E-state index in [4.69, 9.17) is 4.89 Å². The second-order valence-electron chi connectivity index (χ2n) is 7.44. The average Bonchev–Trinajstić information content (AvgIpc) is 2.96. The van der Waals surface area contributed by atoms with Gasteiger partial charge in [0, 0.05) is 0 Å². The molecule has 0 aromatic rings. The Balaban J connectivity index is 2.10. The zero-order valence-corrected chi connectivity index (χ0v) is 12.5. The van der Waals surface area contributed by atoms with E-state index >= 15 is 0 Å². The maximum Gasteiger partial charge on any atom is 0.0983 e. The van der Waals surface area contributed by atoms with Gasteiger partial charge in [-0.15, -0.1) is 0 Å². The van der Waals surface area contributed by atoms with Crippen molar-refractivity contribution in [2.75, 3.05) is 0 Å². The van der Waals surface area contributed by atoms with E-state index in [2.05, 4.69) is 27.7 Å². The first-order valence-electron chi connectivity index (χ1n) is 7.77. The Morgan fingerprint density at radius 3 is 2.44 bits per heavy atom. The van der Waals surface area contributed by atoms with Crippen LogP contribution in [-0.2, 0) is 4.89 Å². The van der Waals surface area contributed by atoms with E-state index in [0.29, 0.717) is 5.41 Å².